The van der Waals surface area contributed by atoms with Crippen molar-refractivity contribution in [3.8, 4) is 0 Å². The zero-order valence-corrected chi connectivity index (χ0v) is 9.26. The van der Waals surface area contributed by atoms with Crippen LogP contribution in [0.15, 0.2) is 30.3 Å². The van der Waals surface area contributed by atoms with Crippen LogP contribution >= 0.6 is 0 Å². The molecule has 0 aromatic heterocycles. The number of likely N-dealkylation sites (tertiary alicyclic amines) is 1. The van der Waals surface area contributed by atoms with Crippen LogP contribution in [0.25, 0.3) is 0 Å². The first-order valence-electron chi connectivity index (χ1n) is 5.74. The zero-order chi connectivity index (χ0) is 10.7. The fourth-order valence-corrected chi connectivity index (χ4v) is 2.22. The first kappa shape index (κ1) is 10.7. The highest BCUT2D eigenvalue weighted by molar-refractivity contribution is 5.18. The second-order valence-corrected chi connectivity index (χ2v) is 4.35. The van der Waals surface area contributed by atoms with Gasteiger partial charge in [-0.05, 0) is 25.3 Å². The fraction of sp³-hybridized carbons (Fsp3) is 0.538. The molecule has 1 aromatic carbocycles. The van der Waals surface area contributed by atoms with Crippen LogP contribution in [0.5, 0.6) is 0 Å². The number of aliphatic hydroxyl groups excluding tert-OH is 1. The van der Waals surface area contributed by atoms with E-state index in [1.807, 2.05) is 0 Å². The Morgan fingerprint density at radius 2 is 1.80 bits per heavy atom. The average molecular weight is 205 g/mol. The number of rotatable bonds is 2. The summed E-state index contributed by atoms with van der Waals surface area (Å²) in [4.78, 5) is 2.45. The average Bonchev–Trinajstić information content (AvgIpc) is 2.30. The van der Waals surface area contributed by atoms with Crippen LogP contribution in [-0.2, 0) is 0 Å². The Kier molecular flexibility index (Phi) is 3.39. The van der Waals surface area contributed by atoms with Crippen LogP contribution in [0.2, 0.25) is 0 Å². The van der Waals surface area contributed by atoms with Crippen molar-refractivity contribution in [3.63, 3.8) is 0 Å². The molecule has 0 saturated carbocycles. The number of benzene rings is 1. The van der Waals surface area contributed by atoms with Crippen LogP contribution < -0.4 is 0 Å². The SMILES string of the molecule is CC(c1ccccc1)N1CCC(O)CC1. The van der Waals surface area contributed by atoms with Gasteiger partial charge in [0.1, 0.15) is 0 Å². The third kappa shape index (κ3) is 2.58. The van der Waals surface area contributed by atoms with E-state index >= 15 is 0 Å². The maximum atomic E-state index is 9.45. The molecule has 1 aliphatic rings. The molecule has 0 radical (unpaired) electrons. The third-order valence-electron chi connectivity index (χ3n) is 3.33. The molecule has 1 N–H and O–H groups in total. The van der Waals surface area contributed by atoms with Gasteiger partial charge in [-0.2, -0.15) is 0 Å². The number of hydrogen-bond acceptors (Lipinski definition) is 2. The topological polar surface area (TPSA) is 23.5 Å². The summed E-state index contributed by atoms with van der Waals surface area (Å²) >= 11 is 0. The minimum Gasteiger partial charge on any atom is -0.393 e. The summed E-state index contributed by atoms with van der Waals surface area (Å²) < 4.78 is 0. The normalized spacial score (nSPS) is 21.5. The molecular weight excluding hydrogens is 186 g/mol. The molecule has 1 fully saturated rings. The lowest BCUT2D eigenvalue weighted by Gasteiger charge is -2.34. The van der Waals surface area contributed by atoms with E-state index in [9.17, 15) is 5.11 Å². The molecule has 2 nitrogen and oxygen atoms in total. The summed E-state index contributed by atoms with van der Waals surface area (Å²) in [6.45, 7) is 4.27. The minimum atomic E-state index is -0.0794. The van der Waals surface area contributed by atoms with E-state index in [1.165, 1.54) is 5.56 Å². The van der Waals surface area contributed by atoms with Crippen molar-refractivity contribution >= 4 is 0 Å². The van der Waals surface area contributed by atoms with Crippen molar-refractivity contribution in [1.29, 1.82) is 0 Å². The Balaban J connectivity index is 1.99. The Bertz CT molecular complexity index is 291. The molecule has 1 heterocycles. The highest BCUT2D eigenvalue weighted by atomic mass is 16.3. The highest BCUT2D eigenvalue weighted by Gasteiger charge is 2.21. The van der Waals surface area contributed by atoms with Crippen LogP contribution in [-0.4, -0.2) is 29.2 Å². The molecule has 2 rings (SSSR count). The van der Waals surface area contributed by atoms with Gasteiger partial charge in [0.05, 0.1) is 6.10 Å². The van der Waals surface area contributed by atoms with Gasteiger partial charge in [0, 0.05) is 19.1 Å². The maximum absolute atomic E-state index is 9.45. The predicted molar refractivity (Wildman–Crippen MR) is 61.7 cm³/mol. The summed E-state index contributed by atoms with van der Waals surface area (Å²) in [5, 5.41) is 9.45. The number of hydrogen-bond donors (Lipinski definition) is 1. The summed E-state index contributed by atoms with van der Waals surface area (Å²) in [5.41, 5.74) is 1.37. The van der Waals surface area contributed by atoms with E-state index in [0.717, 1.165) is 25.9 Å². The Morgan fingerprint density at radius 1 is 1.20 bits per heavy atom. The van der Waals surface area contributed by atoms with Gasteiger partial charge in [-0.25, -0.2) is 0 Å². The number of nitrogens with zero attached hydrogens (tertiary/aromatic N) is 1. The van der Waals surface area contributed by atoms with Gasteiger partial charge >= 0.3 is 0 Å². The summed E-state index contributed by atoms with van der Waals surface area (Å²) in [7, 11) is 0. The van der Waals surface area contributed by atoms with Crippen molar-refractivity contribution in [1.82, 2.24) is 4.90 Å². The van der Waals surface area contributed by atoms with E-state index in [4.69, 9.17) is 0 Å². The Morgan fingerprint density at radius 3 is 2.40 bits per heavy atom. The lowest BCUT2D eigenvalue weighted by Crippen LogP contribution is -2.37. The number of piperidine rings is 1. The van der Waals surface area contributed by atoms with Gasteiger partial charge in [0.2, 0.25) is 0 Å². The monoisotopic (exact) mass is 205 g/mol. The van der Waals surface area contributed by atoms with Gasteiger partial charge in [-0.3, -0.25) is 4.90 Å². The molecule has 0 aliphatic carbocycles. The van der Waals surface area contributed by atoms with Crippen molar-refractivity contribution in [2.45, 2.75) is 31.9 Å². The van der Waals surface area contributed by atoms with Gasteiger partial charge < -0.3 is 5.11 Å². The summed E-state index contributed by atoms with van der Waals surface area (Å²) in [6, 6.07) is 11.1. The van der Waals surface area contributed by atoms with Gasteiger partial charge in [-0.15, -0.1) is 0 Å². The second kappa shape index (κ2) is 4.77. The first-order valence-corrected chi connectivity index (χ1v) is 5.74. The fourth-order valence-electron chi connectivity index (χ4n) is 2.22. The molecule has 0 spiro atoms. The predicted octanol–water partition coefficient (Wildman–Crippen LogP) is 2.20. The molecule has 1 unspecified atom stereocenters. The van der Waals surface area contributed by atoms with E-state index in [2.05, 4.69) is 42.2 Å². The maximum Gasteiger partial charge on any atom is 0.0564 e. The van der Waals surface area contributed by atoms with Crippen LogP contribution in [0, 0.1) is 0 Å². The van der Waals surface area contributed by atoms with E-state index < -0.39 is 0 Å². The molecule has 0 amide bonds. The van der Waals surface area contributed by atoms with Crippen molar-refractivity contribution < 1.29 is 5.11 Å². The molecule has 1 saturated heterocycles. The van der Waals surface area contributed by atoms with Gasteiger partial charge in [0.25, 0.3) is 0 Å². The molecule has 0 bridgehead atoms. The van der Waals surface area contributed by atoms with Crippen LogP contribution in [0.3, 0.4) is 0 Å². The standard InChI is InChI=1S/C13H19NO/c1-11(12-5-3-2-4-6-12)14-9-7-13(15)8-10-14/h2-6,11,13,15H,7-10H2,1H3. The van der Waals surface area contributed by atoms with E-state index in [-0.39, 0.29) is 6.10 Å². The van der Waals surface area contributed by atoms with Crippen LogP contribution in [0.4, 0.5) is 0 Å². The molecule has 82 valence electrons. The van der Waals surface area contributed by atoms with Gasteiger partial charge in [0.15, 0.2) is 0 Å². The quantitative estimate of drug-likeness (QED) is 0.800. The molecule has 1 aromatic rings. The molecule has 2 heteroatoms. The van der Waals surface area contributed by atoms with Crippen LogP contribution in [0.1, 0.15) is 31.4 Å². The van der Waals surface area contributed by atoms with Gasteiger partial charge in [-0.1, -0.05) is 30.3 Å². The number of aliphatic hydroxyl groups is 1. The molecular formula is C13H19NO. The Labute approximate surface area is 91.5 Å². The first-order chi connectivity index (χ1) is 7.27. The lowest BCUT2D eigenvalue weighted by molar-refractivity contribution is 0.0645. The van der Waals surface area contributed by atoms with Crippen molar-refractivity contribution in [3.05, 3.63) is 35.9 Å². The summed E-state index contributed by atoms with van der Waals surface area (Å²) in [5.74, 6) is 0. The largest absolute Gasteiger partial charge is 0.393 e. The highest BCUT2D eigenvalue weighted by Crippen LogP contribution is 2.23. The second-order valence-electron chi connectivity index (χ2n) is 4.35. The smallest absolute Gasteiger partial charge is 0.0564 e. The van der Waals surface area contributed by atoms with Crippen molar-refractivity contribution in [2.75, 3.05) is 13.1 Å². The molecule has 15 heavy (non-hydrogen) atoms. The van der Waals surface area contributed by atoms with E-state index in [1.54, 1.807) is 0 Å². The Hall–Kier alpha value is -0.860. The van der Waals surface area contributed by atoms with Crippen molar-refractivity contribution in [2.24, 2.45) is 0 Å². The minimum absolute atomic E-state index is 0.0794. The third-order valence-corrected chi connectivity index (χ3v) is 3.33. The summed E-state index contributed by atoms with van der Waals surface area (Å²) in [6.07, 6.45) is 1.75. The lowest BCUT2D eigenvalue weighted by atomic mass is 10.0. The molecule has 1 atom stereocenters. The van der Waals surface area contributed by atoms with E-state index in [0.29, 0.717) is 6.04 Å². The zero-order valence-electron chi connectivity index (χ0n) is 9.26. The molecule has 1 aliphatic heterocycles.